The standard InChI is InChI=1S/C9H8BrN/c10-8-5-7-3-1-2-4-9(7)11-6-8/h1,3,5-6H,2,4H2. The molecule has 1 aromatic heterocycles. The van der Waals surface area contributed by atoms with Gasteiger partial charge in [-0.2, -0.15) is 0 Å². The highest BCUT2D eigenvalue weighted by atomic mass is 79.9. The number of hydrogen-bond acceptors (Lipinski definition) is 1. The summed E-state index contributed by atoms with van der Waals surface area (Å²) in [5, 5.41) is 0. The van der Waals surface area contributed by atoms with Gasteiger partial charge in [0.15, 0.2) is 0 Å². The first-order valence-corrected chi connectivity index (χ1v) is 4.46. The summed E-state index contributed by atoms with van der Waals surface area (Å²) in [5.74, 6) is 0. The van der Waals surface area contributed by atoms with Crippen LogP contribution < -0.4 is 0 Å². The Labute approximate surface area is 74.3 Å². The zero-order chi connectivity index (χ0) is 7.68. The number of aromatic nitrogens is 1. The third kappa shape index (κ3) is 1.36. The van der Waals surface area contributed by atoms with Crippen LogP contribution in [0.3, 0.4) is 0 Å². The quantitative estimate of drug-likeness (QED) is 0.641. The number of nitrogens with zero attached hydrogens (tertiary/aromatic N) is 1. The molecule has 0 aliphatic heterocycles. The first kappa shape index (κ1) is 7.04. The molecule has 1 nitrogen and oxygen atoms in total. The smallest absolute Gasteiger partial charge is 0.0479 e. The number of halogens is 1. The molecule has 0 atom stereocenters. The molecular formula is C9H8BrN. The Balaban J connectivity index is 2.54. The van der Waals surface area contributed by atoms with Crippen molar-refractivity contribution in [2.45, 2.75) is 12.8 Å². The summed E-state index contributed by atoms with van der Waals surface area (Å²) in [6, 6.07) is 2.11. The molecule has 1 aliphatic rings. The molecule has 0 saturated heterocycles. The van der Waals surface area contributed by atoms with Gasteiger partial charge < -0.3 is 0 Å². The molecule has 1 heterocycles. The molecule has 0 amide bonds. The van der Waals surface area contributed by atoms with E-state index in [0.29, 0.717) is 0 Å². The third-order valence-corrected chi connectivity index (χ3v) is 2.25. The van der Waals surface area contributed by atoms with Crippen LogP contribution in [0.5, 0.6) is 0 Å². The van der Waals surface area contributed by atoms with Crippen LogP contribution in [0.1, 0.15) is 17.7 Å². The van der Waals surface area contributed by atoms with E-state index in [-0.39, 0.29) is 0 Å². The van der Waals surface area contributed by atoms with Gasteiger partial charge in [0.25, 0.3) is 0 Å². The molecule has 2 rings (SSSR count). The Morgan fingerprint density at radius 2 is 2.36 bits per heavy atom. The highest BCUT2D eigenvalue weighted by molar-refractivity contribution is 9.10. The number of fused-ring (bicyclic) bond motifs is 1. The van der Waals surface area contributed by atoms with Crippen LogP contribution in [-0.4, -0.2) is 4.98 Å². The molecular weight excluding hydrogens is 202 g/mol. The largest absolute Gasteiger partial charge is 0.259 e. The second kappa shape index (κ2) is 2.78. The van der Waals surface area contributed by atoms with Gasteiger partial charge in [-0.15, -0.1) is 0 Å². The molecule has 1 aliphatic carbocycles. The molecule has 0 saturated carbocycles. The van der Waals surface area contributed by atoms with Gasteiger partial charge in [-0.3, -0.25) is 4.98 Å². The zero-order valence-electron chi connectivity index (χ0n) is 6.05. The molecule has 11 heavy (non-hydrogen) atoms. The predicted molar refractivity (Wildman–Crippen MR) is 49.3 cm³/mol. The Morgan fingerprint density at radius 1 is 1.45 bits per heavy atom. The Hall–Kier alpha value is -0.630. The number of aryl methyl sites for hydroxylation is 1. The van der Waals surface area contributed by atoms with Gasteiger partial charge in [0.05, 0.1) is 0 Å². The van der Waals surface area contributed by atoms with Gasteiger partial charge in [0, 0.05) is 16.4 Å². The van der Waals surface area contributed by atoms with Crippen molar-refractivity contribution in [1.82, 2.24) is 4.98 Å². The lowest BCUT2D eigenvalue weighted by molar-refractivity contribution is 0.925. The molecule has 0 spiro atoms. The minimum atomic E-state index is 1.06. The summed E-state index contributed by atoms with van der Waals surface area (Å²) >= 11 is 3.39. The van der Waals surface area contributed by atoms with Gasteiger partial charge >= 0.3 is 0 Å². The number of pyridine rings is 1. The van der Waals surface area contributed by atoms with Crippen molar-refractivity contribution >= 4 is 22.0 Å². The lowest BCUT2D eigenvalue weighted by Crippen LogP contribution is -1.96. The molecule has 0 bridgehead atoms. The van der Waals surface area contributed by atoms with Crippen molar-refractivity contribution < 1.29 is 0 Å². The van der Waals surface area contributed by atoms with Crippen LogP contribution in [0.15, 0.2) is 22.8 Å². The van der Waals surface area contributed by atoms with E-state index in [2.05, 4.69) is 39.1 Å². The maximum Gasteiger partial charge on any atom is 0.0479 e. The van der Waals surface area contributed by atoms with E-state index in [1.54, 1.807) is 0 Å². The molecule has 56 valence electrons. The molecule has 2 heteroatoms. The number of hydrogen-bond donors (Lipinski definition) is 0. The van der Waals surface area contributed by atoms with Crippen molar-refractivity contribution in [2.75, 3.05) is 0 Å². The number of allylic oxidation sites excluding steroid dienone is 1. The van der Waals surface area contributed by atoms with Crippen molar-refractivity contribution in [3.63, 3.8) is 0 Å². The van der Waals surface area contributed by atoms with Crippen LogP contribution in [0.4, 0.5) is 0 Å². The highest BCUT2D eigenvalue weighted by Gasteiger charge is 2.04. The van der Waals surface area contributed by atoms with Gasteiger partial charge in [0.1, 0.15) is 0 Å². The Morgan fingerprint density at radius 3 is 3.27 bits per heavy atom. The van der Waals surface area contributed by atoms with E-state index < -0.39 is 0 Å². The first-order chi connectivity index (χ1) is 5.36. The van der Waals surface area contributed by atoms with Gasteiger partial charge in [0.2, 0.25) is 0 Å². The molecule has 0 fully saturated rings. The fourth-order valence-electron chi connectivity index (χ4n) is 1.27. The normalized spacial score (nSPS) is 14.6. The SMILES string of the molecule is Brc1cnc2c(c1)C=CCC2. The minimum absolute atomic E-state index is 1.06. The fraction of sp³-hybridized carbons (Fsp3) is 0.222. The van der Waals surface area contributed by atoms with E-state index in [9.17, 15) is 0 Å². The summed E-state index contributed by atoms with van der Waals surface area (Å²) in [6.45, 7) is 0. The second-order valence-electron chi connectivity index (χ2n) is 2.63. The van der Waals surface area contributed by atoms with Crippen molar-refractivity contribution in [3.05, 3.63) is 34.1 Å². The molecule has 0 radical (unpaired) electrons. The average Bonchev–Trinajstić information content (AvgIpc) is 2.04. The number of rotatable bonds is 0. The summed E-state index contributed by atoms with van der Waals surface area (Å²) in [5.41, 5.74) is 2.47. The second-order valence-corrected chi connectivity index (χ2v) is 3.55. The molecule has 1 aromatic rings. The summed E-state index contributed by atoms with van der Waals surface area (Å²) in [4.78, 5) is 4.32. The van der Waals surface area contributed by atoms with Crippen LogP contribution in [0.2, 0.25) is 0 Å². The Bertz CT molecular complexity index is 304. The van der Waals surface area contributed by atoms with E-state index in [4.69, 9.17) is 0 Å². The van der Waals surface area contributed by atoms with E-state index in [1.165, 1.54) is 11.3 Å². The molecule has 0 unspecified atom stereocenters. The lowest BCUT2D eigenvalue weighted by atomic mass is 10.0. The average molecular weight is 210 g/mol. The lowest BCUT2D eigenvalue weighted by Gasteiger charge is -2.08. The third-order valence-electron chi connectivity index (χ3n) is 1.82. The van der Waals surface area contributed by atoms with Crippen molar-refractivity contribution in [3.8, 4) is 0 Å². The predicted octanol–water partition coefficient (Wildman–Crippen LogP) is 2.80. The fourth-order valence-corrected chi connectivity index (χ4v) is 1.62. The van der Waals surface area contributed by atoms with Crippen molar-refractivity contribution in [1.29, 1.82) is 0 Å². The van der Waals surface area contributed by atoms with E-state index >= 15 is 0 Å². The zero-order valence-corrected chi connectivity index (χ0v) is 7.63. The molecule has 0 aromatic carbocycles. The Kier molecular flexibility index (Phi) is 1.78. The van der Waals surface area contributed by atoms with Crippen molar-refractivity contribution in [2.24, 2.45) is 0 Å². The monoisotopic (exact) mass is 209 g/mol. The maximum atomic E-state index is 4.32. The maximum absolute atomic E-state index is 4.32. The van der Waals surface area contributed by atoms with E-state index in [0.717, 1.165) is 17.3 Å². The van der Waals surface area contributed by atoms with Gasteiger partial charge in [-0.05, 0) is 40.4 Å². The summed E-state index contributed by atoms with van der Waals surface area (Å²) in [6.07, 6.45) is 8.39. The highest BCUT2D eigenvalue weighted by Crippen LogP contribution is 2.20. The summed E-state index contributed by atoms with van der Waals surface area (Å²) in [7, 11) is 0. The van der Waals surface area contributed by atoms with Crippen LogP contribution in [-0.2, 0) is 6.42 Å². The van der Waals surface area contributed by atoms with Gasteiger partial charge in [-0.1, -0.05) is 12.2 Å². The molecule has 0 N–H and O–H groups in total. The van der Waals surface area contributed by atoms with Crippen LogP contribution in [0.25, 0.3) is 6.08 Å². The van der Waals surface area contributed by atoms with Crippen LogP contribution >= 0.6 is 15.9 Å². The van der Waals surface area contributed by atoms with Gasteiger partial charge in [-0.25, -0.2) is 0 Å². The summed E-state index contributed by atoms with van der Waals surface area (Å²) < 4.78 is 1.06. The van der Waals surface area contributed by atoms with Crippen LogP contribution in [0, 0.1) is 0 Å². The first-order valence-electron chi connectivity index (χ1n) is 3.67. The van der Waals surface area contributed by atoms with E-state index in [1.807, 2.05) is 6.20 Å². The topological polar surface area (TPSA) is 12.9 Å². The minimum Gasteiger partial charge on any atom is -0.259 e.